The summed E-state index contributed by atoms with van der Waals surface area (Å²) in [6, 6.07) is 7.26. The third kappa shape index (κ3) is 3.82. The first-order chi connectivity index (χ1) is 11.9. The second kappa shape index (κ2) is 6.98. The minimum atomic E-state index is -2.96. The van der Waals surface area contributed by atoms with Crippen molar-refractivity contribution in [1.29, 1.82) is 0 Å². The van der Waals surface area contributed by atoms with E-state index in [0.717, 1.165) is 0 Å². The van der Waals surface area contributed by atoms with Gasteiger partial charge in [0.05, 0.1) is 12.1 Å². The molecule has 0 unspecified atom stereocenters. The summed E-state index contributed by atoms with van der Waals surface area (Å²) in [5.41, 5.74) is 0.500. The second-order valence-electron chi connectivity index (χ2n) is 5.22. The number of ether oxygens (including phenoxy) is 1. The summed E-state index contributed by atoms with van der Waals surface area (Å²) in [5, 5.41) is 1.76. The van der Waals surface area contributed by atoms with Gasteiger partial charge in [0.15, 0.2) is 0 Å². The van der Waals surface area contributed by atoms with Crippen LogP contribution < -0.4 is 10.3 Å². The molecule has 6 nitrogen and oxygen atoms in total. The molecule has 0 aliphatic rings. The minimum absolute atomic E-state index is 0.0692. The number of rotatable bonds is 5. The summed E-state index contributed by atoms with van der Waals surface area (Å²) in [7, 11) is 1.53. The van der Waals surface area contributed by atoms with E-state index in [1.807, 2.05) is 0 Å². The molecule has 0 radical (unpaired) electrons. The molecule has 9 heteroatoms. The van der Waals surface area contributed by atoms with Crippen LogP contribution in [0, 0.1) is 0 Å². The topological polar surface area (TPSA) is 75.3 Å². The molecule has 2 heterocycles. The maximum Gasteiger partial charge on any atom is 0.387 e. The molecule has 3 aromatic rings. The summed E-state index contributed by atoms with van der Waals surface area (Å²) in [6.45, 7) is -2.89. The van der Waals surface area contributed by atoms with Crippen molar-refractivity contribution in [2.75, 3.05) is 7.05 Å². The molecule has 0 aliphatic carbocycles. The van der Waals surface area contributed by atoms with Crippen LogP contribution in [-0.4, -0.2) is 34.4 Å². The molecule has 1 aromatic carbocycles. The van der Waals surface area contributed by atoms with Gasteiger partial charge in [0.2, 0.25) is 0 Å². The number of hydrogen-bond acceptors (Lipinski definition) is 5. The van der Waals surface area contributed by atoms with E-state index in [4.69, 9.17) is 0 Å². The predicted molar refractivity (Wildman–Crippen MR) is 89.1 cm³/mol. The number of H-pyrrole nitrogens is 1. The fourth-order valence-electron chi connectivity index (χ4n) is 2.32. The highest BCUT2D eigenvalue weighted by Crippen LogP contribution is 2.18. The fraction of sp³-hybridized carbons (Fsp3) is 0.188. The molecule has 2 aromatic heterocycles. The molecule has 0 saturated heterocycles. The summed E-state index contributed by atoms with van der Waals surface area (Å²) in [6.07, 6.45) is 0. The average molecular weight is 365 g/mol. The van der Waals surface area contributed by atoms with Crippen LogP contribution in [0.1, 0.15) is 16.2 Å². The summed E-state index contributed by atoms with van der Waals surface area (Å²) in [5.74, 6) is -0.167. The quantitative estimate of drug-likeness (QED) is 0.754. The van der Waals surface area contributed by atoms with Crippen molar-refractivity contribution >= 4 is 27.5 Å². The lowest BCUT2D eigenvalue weighted by Gasteiger charge is -2.17. The van der Waals surface area contributed by atoms with Gasteiger partial charge in [0, 0.05) is 12.6 Å². The van der Waals surface area contributed by atoms with Crippen molar-refractivity contribution in [3.05, 3.63) is 57.5 Å². The number of nitrogens with zero attached hydrogens (tertiary/aromatic N) is 2. The number of nitrogens with one attached hydrogen (secondary N) is 1. The van der Waals surface area contributed by atoms with Crippen molar-refractivity contribution < 1.29 is 18.3 Å². The number of aromatic amines is 1. The van der Waals surface area contributed by atoms with E-state index in [9.17, 15) is 18.4 Å². The highest BCUT2D eigenvalue weighted by molar-refractivity contribution is 7.17. The lowest BCUT2D eigenvalue weighted by Crippen LogP contribution is -2.28. The van der Waals surface area contributed by atoms with Gasteiger partial charge >= 0.3 is 6.61 Å². The SMILES string of the molecule is CN(Cc1nc2ccsc2c(=O)[nH]1)C(=O)c1cccc(OC(F)F)c1. The van der Waals surface area contributed by atoms with Crippen LogP contribution >= 0.6 is 11.3 Å². The van der Waals surface area contributed by atoms with Crippen molar-refractivity contribution in [2.45, 2.75) is 13.2 Å². The normalized spacial score (nSPS) is 11.0. The molecule has 0 bridgehead atoms. The molecule has 3 rings (SSSR count). The number of hydrogen-bond donors (Lipinski definition) is 1. The van der Waals surface area contributed by atoms with Gasteiger partial charge in [-0.3, -0.25) is 9.59 Å². The third-order valence-corrected chi connectivity index (χ3v) is 4.31. The lowest BCUT2D eigenvalue weighted by molar-refractivity contribution is -0.0499. The molecular formula is C16H13F2N3O3S. The Morgan fingerprint density at radius 1 is 1.40 bits per heavy atom. The van der Waals surface area contributed by atoms with Gasteiger partial charge in [-0.2, -0.15) is 8.78 Å². The Kier molecular flexibility index (Phi) is 4.75. The average Bonchev–Trinajstić information content (AvgIpc) is 3.02. The van der Waals surface area contributed by atoms with Gasteiger partial charge < -0.3 is 14.6 Å². The van der Waals surface area contributed by atoms with Crippen molar-refractivity contribution in [3.63, 3.8) is 0 Å². The number of aromatic nitrogens is 2. The molecule has 25 heavy (non-hydrogen) atoms. The van der Waals surface area contributed by atoms with Gasteiger partial charge in [0.25, 0.3) is 11.5 Å². The van der Waals surface area contributed by atoms with E-state index in [2.05, 4.69) is 14.7 Å². The Labute approximate surface area is 144 Å². The zero-order valence-corrected chi connectivity index (χ0v) is 13.8. The van der Waals surface area contributed by atoms with Crippen molar-refractivity contribution in [2.24, 2.45) is 0 Å². The molecule has 0 saturated carbocycles. The van der Waals surface area contributed by atoms with Crippen LogP contribution in [-0.2, 0) is 6.54 Å². The smallest absolute Gasteiger partial charge is 0.387 e. The van der Waals surface area contributed by atoms with Gasteiger partial charge in [-0.15, -0.1) is 11.3 Å². The second-order valence-corrected chi connectivity index (χ2v) is 6.13. The van der Waals surface area contributed by atoms with Crippen LogP contribution in [0.25, 0.3) is 10.2 Å². The maximum atomic E-state index is 12.5. The molecule has 0 fully saturated rings. The molecule has 0 atom stereocenters. The minimum Gasteiger partial charge on any atom is -0.435 e. The van der Waals surface area contributed by atoms with E-state index in [0.29, 0.717) is 16.0 Å². The van der Waals surface area contributed by atoms with Crippen LogP contribution in [0.5, 0.6) is 5.75 Å². The zero-order chi connectivity index (χ0) is 18.0. The highest BCUT2D eigenvalue weighted by Gasteiger charge is 2.15. The largest absolute Gasteiger partial charge is 0.435 e. The van der Waals surface area contributed by atoms with Crippen molar-refractivity contribution in [1.82, 2.24) is 14.9 Å². The molecule has 130 valence electrons. The third-order valence-electron chi connectivity index (χ3n) is 3.40. The van der Waals surface area contributed by atoms with E-state index >= 15 is 0 Å². The lowest BCUT2D eigenvalue weighted by atomic mass is 10.2. The van der Waals surface area contributed by atoms with Crippen LogP contribution in [0.3, 0.4) is 0 Å². The Bertz CT molecular complexity index is 970. The standard InChI is InChI=1S/C16H13F2N3O3S/c1-21(8-12-19-11-5-6-25-13(11)14(22)20-12)15(23)9-3-2-4-10(7-9)24-16(17)18/h2-7,16H,8H2,1H3,(H,19,20,22). The zero-order valence-electron chi connectivity index (χ0n) is 13.0. The van der Waals surface area contributed by atoms with E-state index < -0.39 is 12.5 Å². The number of benzene rings is 1. The summed E-state index contributed by atoms with van der Waals surface area (Å²) in [4.78, 5) is 32.7. The number of alkyl halides is 2. The first-order valence-electron chi connectivity index (χ1n) is 7.21. The van der Waals surface area contributed by atoms with Crippen LogP contribution in [0.4, 0.5) is 8.78 Å². The number of thiophene rings is 1. The Balaban J connectivity index is 1.79. The van der Waals surface area contributed by atoms with Gasteiger partial charge in [-0.25, -0.2) is 4.98 Å². The van der Waals surface area contributed by atoms with Crippen LogP contribution in [0.2, 0.25) is 0 Å². The molecule has 0 aliphatic heterocycles. The van der Waals surface area contributed by atoms with Crippen molar-refractivity contribution in [3.8, 4) is 5.75 Å². The molecule has 1 N–H and O–H groups in total. The highest BCUT2D eigenvalue weighted by atomic mass is 32.1. The predicted octanol–water partition coefficient (Wildman–Crippen LogP) is 2.86. The van der Waals surface area contributed by atoms with E-state index in [1.165, 1.54) is 47.5 Å². The molecule has 1 amide bonds. The number of amides is 1. The first kappa shape index (κ1) is 17.0. The number of fused-ring (bicyclic) bond motifs is 1. The van der Waals surface area contributed by atoms with Gasteiger partial charge in [0.1, 0.15) is 16.3 Å². The van der Waals surface area contributed by atoms with Gasteiger partial charge in [-0.05, 0) is 29.6 Å². The van der Waals surface area contributed by atoms with E-state index in [-0.39, 0.29) is 23.4 Å². The Morgan fingerprint density at radius 2 is 2.20 bits per heavy atom. The number of carbonyl (C=O) groups excluding carboxylic acids is 1. The fourth-order valence-corrected chi connectivity index (χ4v) is 3.04. The van der Waals surface area contributed by atoms with Crippen LogP contribution in [0.15, 0.2) is 40.5 Å². The van der Waals surface area contributed by atoms with Gasteiger partial charge in [-0.1, -0.05) is 6.07 Å². The summed E-state index contributed by atoms with van der Waals surface area (Å²) < 4.78 is 29.4. The number of carbonyl (C=O) groups is 1. The first-order valence-corrected chi connectivity index (χ1v) is 8.09. The Hall–Kier alpha value is -2.81. The van der Waals surface area contributed by atoms with E-state index in [1.54, 1.807) is 11.4 Å². The Morgan fingerprint density at radius 3 is 2.96 bits per heavy atom. The maximum absolute atomic E-state index is 12.5. The molecular weight excluding hydrogens is 352 g/mol. The monoisotopic (exact) mass is 365 g/mol. The summed E-state index contributed by atoms with van der Waals surface area (Å²) >= 11 is 1.29. The number of halogens is 2. The molecule has 0 spiro atoms.